The van der Waals surface area contributed by atoms with Crippen molar-refractivity contribution in [3.63, 3.8) is 0 Å². The molecule has 4 amide bonds. The Morgan fingerprint density at radius 3 is 1.88 bits per heavy atom. The molecule has 0 aliphatic heterocycles. The molecule has 276 valence electrons. The number of nitrogens with zero attached hydrogens (tertiary/aromatic N) is 2. The molecular weight excluding hydrogens is 652 g/mol. The van der Waals surface area contributed by atoms with E-state index in [0.717, 1.165) is 18.4 Å². The number of alkyl carbamates (subject to hydrolysis) is 2. The number of methoxy groups -OCH3 is 2. The number of amides is 4. The van der Waals surface area contributed by atoms with E-state index in [1.807, 2.05) is 36.4 Å². The van der Waals surface area contributed by atoms with Crippen LogP contribution in [-0.2, 0) is 32.0 Å². The Bertz CT molecular complexity index is 1830. The SMILES string of the molecule is [2H]c1c([2H])c([2H])c(C[C@H](NC(=O)[C@H](NC(=O)OC)C(C)(C)C)[C@@H](O)CN(Cc2ccc(-c3ccccn3)cc2)NC(=O)[C@H](NC(=O)OC)C(C)(C)C)c([2H])c1[2H]. The van der Waals surface area contributed by atoms with Gasteiger partial charge < -0.3 is 30.5 Å². The number of hydrazine groups is 1. The number of carbonyl (C=O) groups is 4. The predicted molar refractivity (Wildman–Crippen MR) is 194 cm³/mol. The second kappa shape index (κ2) is 18.3. The maximum atomic E-state index is 13.9. The summed E-state index contributed by atoms with van der Waals surface area (Å²) in [5.74, 6) is -1.41. The van der Waals surface area contributed by atoms with Gasteiger partial charge in [0.15, 0.2) is 0 Å². The minimum absolute atomic E-state index is 0.00420. The van der Waals surface area contributed by atoms with Crippen molar-refractivity contribution in [1.29, 1.82) is 0 Å². The van der Waals surface area contributed by atoms with Crippen LogP contribution in [0.25, 0.3) is 11.3 Å². The van der Waals surface area contributed by atoms with E-state index >= 15 is 0 Å². The molecule has 1 aromatic heterocycles. The zero-order chi connectivity index (χ0) is 42.1. The van der Waals surface area contributed by atoms with E-state index in [2.05, 4.69) is 26.4 Å². The van der Waals surface area contributed by atoms with Crippen molar-refractivity contribution in [3.8, 4) is 11.3 Å². The summed E-state index contributed by atoms with van der Waals surface area (Å²) >= 11 is 0. The maximum absolute atomic E-state index is 13.9. The summed E-state index contributed by atoms with van der Waals surface area (Å²) in [6, 6.07) is 6.29. The van der Waals surface area contributed by atoms with Gasteiger partial charge in [0, 0.05) is 24.8 Å². The van der Waals surface area contributed by atoms with Crippen molar-refractivity contribution in [3.05, 3.63) is 90.0 Å². The molecule has 13 heteroatoms. The number of hydrogen-bond acceptors (Lipinski definition) is 9. The van der Waals surface area contributed by atoms with Crippen LogP contribution in [-0.4, -0.2) is 84.1 Å². The molecule has 13 nitrogen and oxygen atoms in total. The zero-order valence-corrected chi connectivity index (χ0v) is 30.3. The van der Waals surface area contributed by atoms with Crippen LogP contribution in [0.15, 0.2) is 78.9 Å². The van der Waals surface area contributed by atoms with Crippen molar-refractivity contribution < 1.29 is 40.6 Å². The number of aliphatic hydroxyl groups is 1. The van der Waals surface area contributed by atoms with Gasteiger partial charge in [0.2, 0.25) is 5.91 Å². The highest BCUT2D eigenvalue weighted by atomic mass is 16.5. The fraction of sp³-hybridized carbons (Fsp3) is 0.447. The van der Waals surface area contributed by atoms with E-state index in [1.165, 1.54) is 12.1 Å². The van der Waals surface area contributed by atoms with E-state index < -0.39 is 95.7 Å². The molecule has 0 unspecified atom stereocenters. The smallest absolute Gasteiger partial charge is 0.407 e. The molecule has 3 aromatic rings. The Hall–Kier alpha value is -5.01. The molecule has 1 heterocycles. The molecule has 0 bridgehead atoms. The van der Waals surface area contributed by atoms with Crippen molar-refractivity contribution in [2.75, 3.05) is 20.8 Å². The van der Waals surface area contributed by atoms with Gasteiger partial charge >= 0.3 is 12.2 Å². The summed E-state index contributed by atoms with van der Waals surface area (Å²) in [5.41, 5.74) is 3.18. The van der Waals surface area contributed by atoms with Crippen molar-refractivity contribution in [2.45, 2.75) is 78.7 Å². The van der Waals surface area contributed by atoms with Crippen LogP contribution in [0.5, 0.6) is 0 Å². The molecule has 4 atom stereocenters. The zero-order valence-electron chi connectivity index (χ0n) is 35.3. The lowest BCUT2D eigenvalue weighted by Gasteiger charge is -2.35. The highest BCUT2D eigenvalue weighted by molar-refractivity contribution is 5.87. The summed E-state index contributed by atoms with van der Waals surface area (Å²) in [6.07, 6.45) is -2.07. The average Bonchev–Trinajstić information content (AvgIpc) is 3.14. The maximum Gasteiger partial charge on any atom is 0.407 e. The second-order valence-electron chi connectivity index (χ2n) is 14.1. The van der Waals surface area contributed by atoms with Crippen LogP contribution in [0, 0.1) is 10.8 Å². The first-order valence-electron chi connectivity index (χ1n) is 18.9. The molecule has 0 fully saturated rings. The number of aromatic nitrogens is 1. The second-order valence-corrected chi connectivity index (χ2v) is 14.1. The summed E-state index contributed by atoms with van der Waals surface area (Å²) in [5, 5.41) is 21.1. The first-order chi connectivity index (χ1) is 26.1. The predicted octanol–water partition coefficient (Wildman–Crippen LogP) is 4.21. The van der Waals surface area contributed by atoms with Gasteiger partial charge in [0.1, 0.15) is 12.1 Å². The van der Waals surface area contributed by atoms with Gasteiger partial charge in [-0.05, 0) is 40.5 Å². The van der Waals surface area contributed by atoms with Gasteiger partial charge in [-0.2, -0.15) is 0 Å². The number of aliphatic hydroxyl groups excluding tert-OH is 1. The topological polar surface area (TPSA) is 171 Å². The molecule has 51 heavy (non-hydrogen) atoms. The molecule has 2 aromatic carbocycles. The summed E-state index contributed by atoms with van der Waals surface area (Å²) in [4.78, 5) is 56.7. The third kappa shape index (κ3) is 12.7. The van der Waals surface area contributed by atoms with E-state index in [9.17, 15) is 24.3 Å². The number of pyridine rings is 1. The van der Waals surface area contributed by atoms with Gasteiger partial charge in [-0.15, -0.1) is 0 Å². The Balaban J connectivity index is 2.09. The van der Waals surface area contributed by atoms with Crippen LogP contribution in [0.4, 0.5) is 9.59 Å². The fourth-order valence-corrected chi connectivity index (χ4v) is 5.11. The van der Waals surface area contributed by atoms with Gasteiger partial charge in [-0.3, -0.25) is 20.0 Å². The average molecular weight is 710 g/mol. The lowest BCUT2D eigenvalue weighted by Crippen LogP contribution is -2.60. The largest absolute Gasteiger partial charge is 0.453 e. The number of hydrogen-bond donors (Lipinski definition) is 5. The van der Waals surface area contributed by atoms with Crippen LogP contribution in [0.3, 0.4) is 0 Å². The standard InChI is InChI=1S/C38H52N6O7/c1-37(2,3)31(41-35(48)50-7)33(46)40-29(22-25-14-10-9-11-15-25)30(45)24-44(43-34(47)32(38(4,5)6)42-36(49)51-8)23-26-17-19-27(20-18-26)28-16-12-13-21-39-28/h9-21,29-32,45H,22-24H2,1-8H3,(H,40,46)(H,41,48)(H,42,49)(H,43,47)/t29-,30-,31-,32-/m0/s1/i9D,10D,11D,14D,15D. The summed E-state index contributed by atoms with van der Waals surface area (Å²) < 4.78 is 51.0. The molecule has 0 aliphatic rings. The molecule has 3 rings (SSSR count). The highest BCUT2D eigenvalue weighted by Crippen LogP contribution is 2.23. The molecule has 0 radical (unpaired) electrons. The highest BCUT2D eigenvalue weighted by Gasteiger charge is 2.37. The number of benzene rings is 2. The van der Waals surface area contributed by atoms with E-state index in [-0.39, 0.29) is 18.7 Å². The molecule has 0 saturated carbocycles. The third-order valence-electron chi connectivity index (χ3n) is 7.88. The van der Waals surface area contributed by atoms with E-state index in [0.29, 0.717) is 5.56 Å². The lowest BCUT2D eigenvalue weighted by atomic mass is 9.85. The van der Waals surface area contributed by atoms with Crippen LogP contribution < -0.4 is 21.4 Å². The van der Waals surface area contributed by atoms with Gasteiger partial charge in [0.05, 0.1) is 38.9 Å². The minimum Gasteiger partial charge on any atom is -0.453 e. The van der Waals surface area contributed by atoms with E-state index in [1.54, 1.807) is 53.8 Å². The third-order valence-corrected chi connectivity index (χ3v) is 7.88. The lowest BCUT2D eigenvalue weighted by molar-refractivity contribution is -0.132. The van der Waals surface area contributed by atoms with Gasteiger partial charge in [0.25, 0.3) is 5.91 Å². The van der Waals surface area contributed by atoms with E-state index in [4.69, 9.17) is 16.3 Å². The Morgan fingerprint density at radius 2 is 1.37 bits per heavy atom. The summed E-state index contributed by atoms with van der Waals surface area (Å²) in [6.45, 7) is 9.92. The molecule has 0 saturated heterocycles. The number of nitrogens with one attached hydrogen (secondary N) is 4. The van der Waals surface area contributed by atoms with Crippen molar-refractivity contribution in [2.24, 2.45) is 10.8 Å². The molecule has 0 spiro atoms. The quantitative estimate of drug-likeness (QED) is 0.154. The fourth-order valence-electron chi connectivity index (χ4n) is 5.11. The minimum atomic E-state index is -1.58. The van der Waals surface area contributed by atoms with Crippen molar-refractivity contribution >= 4 is 24.0 Å². The monoisotopic (exact) mass is 709 g/mol. The molecular formula is C38H52N6O7. The first kappa shape index (κ1) is 33.2. The van der Waals surface area contributed by atoms with Gasteiger partial charge in [-0.25, -0.2) is 14.6 Å². The Labute approximate surface area is 307 Å². The normalized spacial score (nSPS) is 15.4. The Kier molecular flexibility index (Phi) is 11.9. The molecule has 0 aliphatic carbocycles. The Morgan fingerprint density at radius 1 is 0.804 bits per heavy atom. The van der Waals surface area contributed by atoms with Crippen molar-refractivity contribution in [1.82, 2.24) is 31.4 Å². The summed E-state index contributed by atoms with van der Waals surface area (Å²) in [7, 11) is 2.30. The van der Waals surface area contributed by atoms with Crippen LogP contribution in [0.2, 0.25) is 0 Å². The van der Waals surface area contributed by atoms with Gasteiger partial charge in [-0.1, -0.05) is 102 Å². The first-order valence-corrected chi connectivity index (χ1v) is 16.4. The van der Waals surface area contributed by atoms with Crippen LogP contribution >= 0.6 is 0 Å². The number of ether oxygens (including phenoxy) is 2. The molecule has 5 N–H and O–H groups in total. The number of carbonyl (C=O) groups excluding carboxylic acids is 4. The van der Waals surface area contributed by atoms with Crippen LogP contribution in [0.1, 0.15) is 59.5 Å². The number of rotatable bonds is 14.